The topological polar surface area (TPSA) is 124 Å². The van der Waals surface area contributed by atoms with Crippen molar-refractivity contribution in [3.05, 3.63) is 13.2 Å². The maximum atomic E-state index is 10.9. The van der Waals surface area contributed by atoms with Gasteiger partial charge in [0.1, 0.15) is 0 Å². The summed E-state index contributed by atoms with van der Waals surface area (Å²) < 4.78 is 0. The van der Waals surface area contributed by atoms with E-state index < -0.39 is 23.2 Å². The summed E-state index contributed by atoms with van der Waals surface area (Å²) in [5.74, 6) is -5.05. The Morgan fingerprint density at radius 2 is 1.80 bits per heavy atom. The van der Waals surface area contributed by atoms with Crippen molar-refractivity contribution in [2.75, 3.05) is 7.05 Å². The summed E-state index contributed by atoms with van der Waals surface area (Å²) in [5, 5.41) is 10.3. The summed E-state index contributed by atoms with van der Waals surface area (Å²) in [5.41, 5.74) is 3.60. The van der Waals surface area contributed by atoms with Crippen LogP contribution in [0.3, 0.4) is 0 Å². The fourth-order valence-corrected chi connectivity index (χ4v) is 0.652. The normalized spacial score (nSPS) is 12.1. The van der Waals surface area contributed by atoms with Gasteiger partial charge in [0.25, 0.3) is 5.91 Å². The Balaban J connectivity index is -0.000000720. The van der Waals surface area contributed by atoms with E-state index in [4.69, 9.17) is 10.8 Å². The van der Waals surface area contributed by atoms with Gasteiger partial charge in [-0.3, -0.25) is 9.59 Å². The minimum Gasteiger partial charge on any atom is -0.666 e. The first-order valence-corrected chi connectivity index (χ1v) is 3.11. The van der Waals surface area contributed by atoms with E-state index in [1.165, 1.54) is 0 Å². The molecule has 2 amide bonds. The van der Waals surface area contributed by atoms with Crippen LogP contribution in [0.1, 0.15) is 0 Å². The largest absolute Gasteiger partial charge is 0.666 e. The Hall–Kier alpha value is -0.816. The smallest absolute Gasteiger partial charge is 0.332 e. The summed E-state index contributed by atoms with van der Waals surface area (Å²) in [6.45, 7) is 0. The van der Waals surface area contributed by atoms with Crippen molar-refractivity contribution >= 4 is 24.1 Å². The zero-order chi connectivity index (χ0) is 10.6. The van der Waals surface area contributed by atoms with Gasteiger partial charge in [-0.25, -0.2) is 0 Å². The van der Waals surface area contributed by atoms with Crippen LogP contribution in [-0.2, 0) is 51.9 Å². The molecule has 0 aliphatic rings. The molecule has 7 nitrogen and oxygen atoms in total. The monoisotopic (exact) mass is 291 g/mol. The number of carboxylic acid groups (broad SMARTS) is 1. The van der Waals surface area contributed by atoms with Crippen LogP contribution in [0.15, 0.2) is 0 Å². The van der Waals surface area contributed by atoms with Crippen molar-refractivity contribution < 1.29 is 57.0 Å². The maximum absolute atomic E-state index is 10.9. The number of aldehydes is 1. The molecule has 0 aromatic heterocycles. The van der Waals surface area contributed by atoms with E-state index in [0.29, 0.717) is 0 Å². The number of hydrogen-bond donors (Lipinski definition) is 2. The number of hydrogen-bond acceptors (Lipinski definition) is 4. The molecule has 1 atom stereocenters. The van der Waals surface area contributed by atoms with Crippen LogP contribution < -0.4 is 5.32 Å². The van der Waals surface area contributed by atoms with Crippen molar-refractivity contribution in [3.8, 4) is 0 Å². The average molecular weight is 291 g/mol. The summed E-state index contributed by atoms with van der Waals surface area (Å²) in [7, 11) is 1.06. The molecule has 1 unspecified atom stereocenters. The van der Waals surface area contributed by atoms with Gasteiger partial charge >= 0.3 is 5.97 Å². The number of aliphatic carboxylic acids is 1. The second kappa shape index (κ2) is 7.47. The molecule has 0 aromatic rings. The molecule has 0 saturated heterocycles. The number of carbonyl (C=O) groups excluding carboxylic acids is 3. The SMILES string of the molecule is CNC(=O)C(C=O)(C([NH-])=O)C(=O)O.[CH3-].[Y]. The number of rotatable bonds is 4. The Kier molecular flexibility index (Phi) is 9.82. The number of amides is 2. The maximum Gasteiger partial charge on any atom is 0.332 e. The standard InChI is InChI=1S/C6H8N2O5.CH3.Y/c1-8-4(11)6(2-9,3(7)10)5(12)13;;/h2H,1H3,(H4,7,8,10,11,12,13);1H3;/q;-1;/p-1. The van der Waals surface area contributed by atoms with Crippen LogP contribution in [0.4, 0.5) is 0 Å². The van der Waals surface area contributed by atoms with Crippen molar-refractivity contribution in [2.45, 2.75) is 0 Å². The van der Waals surface area contributed by atoms with Gasteiger partial charge in [-0.1, -0.05) is 0 Å². The second-order valence-electron chi connectivity index (χ2n) is 2.14. The fraction of sp³-hybridized carbons (Fsp3) is 0.286. The van der Waals surface area contributed by atoms with Gasteiger partial charge in [-0.05, 0) is 0 Å². The molecule has 0 aliphatic carbocycles. The minimum atomic E-state index is -2.94. The molecule has 83 valence electrons. The summed E-state index contributed by atoms with van der Waals surface area (Å²) in [4.78, 5) is 42.2. The molecule has 8 heteroatoms. The van der Waals surface area contributed by atoms with Gasteiger partial charge in [0.2, 0.25) is 5.41 Å². The summed E-state index contributed by atoms with van der Waals surface area (Å²) >= 11 is 0. The first kappa shape index (κ1) is 19.7. The van der Waals surface area contributed by atoms with E-state index in [1.54, 1.807) is 0 Å². The molecule has 0 rings (SSSR count). The van der Waals surface area contributed by atoms with E-state index in [2.05, 4.69) is 0 Å². The van der Waals surface area contributed by atoms with E-state index in [1.807, 2.05) is 5.32 Å². The van der Waals surface area contributed by atoms with Crippen LogP contribution in [0.5, 0.6) is 0 Å². The molecular weight excluding hydrogens is 281 g/mol. The summed E-state index contributed by atoms with van der Waals surface area (Å²) in [6, 6.07) is 0. The number of nitrogens with one attached hydrogen (secondary N) is 2. The average Bonchev–Trinajstić information content (AvgIpc) is 2.04. The van der Waals surface area contributed by atoms with Crippen molar-refractivity contribution in [1.82, 2.24) is 5.32 Å². The number of carboxylic acids is 1. The molecule has 0 bridgehead atoms. The van der Waals surface area contributed by atoms with E-state index in [9.17, 15) is 19.2 Å². The van der Waals surface area contributed by atoms with Gasteiger partial charge in [0.05, 0.1) is 5.91 Å². The zero-order valence-electron chi connectivity index (χ0n) is 8.23. The van der Waals surface area contributed by atoms with Crippen LogP contribution in [0.25, 0.3) is 5.73 Å². The Labute approximate surface area is 112 Å². The van der Waals surface area contributed by atoms with Crippen molar-refractivity contribution in [2.24, 2.45) is 5.41 Å². The quantitative estimate of drug-likeness (QED) is 0.391. The van der Waals surface area contributed by atoms with Crippen molar-refractivity contribution in [3.63, 3.8) is 0 Å². The van der Waals surface area contributed by atoms with E-state index >= 15 is 0 Å². The predicted molar refractivity (Wildman–Crippen MR) is 45.9 cm³/mol. The Bertz CT molecular complexity index is 265. The van der Waals surface area contributed by atoms with Crippen LogP contribution in [0, 0.1) is 12.8 Å². The molecule has 1 radical (unpaired) electrons. The van der Waals surface area contributed by atoms with Crippen molar-refractivity contribution in [1.29, 1.82) is 0 Å². The third kappa shape index (κ3) is 3.35. The fourth-order valence-electron chi connectivity index (χ4n) is 0.652. The molecule has 0 saturated carbocycles. The van der Waals surface area contributed by atoms with Gasteiger partial charge < -0.3 is 33.2 Å². The molecule has 15 heavy (non-hydrogen) atoms. The zero-order valence-corrected chi connectivity index (χ0v) is 11.1. The molecule has 3 N–H and O–H groups in total. The van der Waals surface area contributed by atoms with Crippen LogP contribution in [0.2, 0.25) is 0 Å². The van der Waals surface area contributed by atoms with Gasteiger partial charge in [-0.15, -0.1) is 0 Å². The molecule has 0 fully saturated rings. The van der Waals surface area contributed by atoms with Crippen LogP contribution >= 0.6 is 0 Å². The third-order valence-corrected chi connectivity index (χ3v) is 1.46. The summed E-state index contributed by atoms with van der Waals surface area (Å²) in [6.07, 6.45) is -0.358. The van der Waals surface area contributed by atoms with E-state index in [-0.39, 0.29) is 46.4 Å². The minimum absolute atomic E-state index is 0. The second-order valence-corrected chi connectivity index (χ2v) is 2.14. The van der Waals surface area contributed by atoms with Gasteiger partial charge in [0, 0.05) is 39.8 Å². The van der Waals surface area contributed by atoms with Gasteiger partial charge in [-0.2, -0.15) is 0 Å². The Morgan fingerprint density at radius 3 is 1.87 bits per heavy atom. The molecule has 0 aliphatic heterocycles. The number of carbonyl (C=O) groups is 4. The molecule has 0 spiro atoms. The first-order valence-electron chi connectivity index (χ1n) is 3.11. The van der Waals surface area contributed by atoms with Crippen LogP contribution in [-0.4, -0.2) is 36.2 Å². The molecule has 0 aromatic carbocycles. The molecular formula is C7H10N2O5Y-2. The predicted octanol–water partition coefficient (Wildman–Crippen LogP) is -0.971. The third-order valence-electron chi connectivity index (χ3n) is 1.46. The van der Waals surface area contributed by atoms with Gasteiger partial charge in [0.15, 0.2) is 6.29 Å². The first-order chi connectivity index (χ1) is 5.93. The van der Waals surface area contributed by atoms with E-state index in [0.717, 1.165) is 7.05 Å². The molecule has 0 heterocycles. The Morgan fingerprint density at radius 1 is 1.40 bits per heavy atom.